The van der Waals surface area contributed by atoms with Crippen molar-refractivity contribution in [2.75, 3.05) is 32.6 Å². The van der Waals surface area contributed by atoms with Gasteiger partial charge in [0.1, 0.15) is 0 Å². The molecule has 0 aliphatic carbocycles. The van der Waals surface area contributed by atoms with Crippen molar-refractivity contribution in [1.82, 2.24) is 15.3 Å². The van der Waals surface area contributed by atoms with E-state index >= 15 is 0 Å². The molecule has 0 aliphatic rings. The number of nitrogens with one attached hydrogen (secondary N) is 1. The minimum Gasteiger partial charge on any atom is -0.347 e. The van der Waals surface area contributed by atoms with Crippen molar-refractivity contribution in [2.24, 2.45) is 0 Å². The summed E-state index contributed by atoms with van der Waals surface area (Å²) in [5, 5.41) is 3.09. The van der Waals surface area contributed by atoms with Crippen LogP contribution in [0.3, 0.4) is 0 Å². The number of aromatic nitrogens is 2. The molecule has 1 heterocycles. The van der Waals surface area contributed by atoms with Gasteiger partial charge in [0.2, 0.25) is 5.95 Å². The summed E-state index contributed by atoms with van der Waals surface area (Å²) in [4.78, 5) is 10.4. The Morgan fingerprint density at radius 2 is 2.23 bits per heavy atom. The van der Waals surface area contributed by atoms with Gasteiger partial charge in [-0.05, 0) is 13.1 Å². The lowest BCUT2D eigenvalue weighted by atomic mass is 10.3. The average molecular weight is 180 g/mol. The molecule has 0 unspecified atom stereocenters. The number of anilines is 1. The standard InChI is InChI=1S/C9H16N4/c1-10-6-4-8-5-7-11-9(12-8)13(2)3/h5,7,10H,4,6H2,1-3H3. The van der Waals surface area contributed by atoms with E-state index in [1.54, 1.807) is 6.20 Å². The summed E-state index contributed by atoms with van der Waals surface area (Å²) in [6.45, 7) is 0.948. The van der Waals surface area contributed by atoms with Crippen molar-refractivity contribution >= 4 is 5.95 Å². The Bertz CT molecular complexity index is 260. The second-order valence-electron chi connectivity index (χ2n) is 3.10. The van der Waals surface area contributed by atoms with E-state index in [1.807, 2.05) is 32.1 Å². The fourth-order valence-corrected chi connectivity index (χ4v) is 0.992. The zero-order valence-electron chi connectivity index (χ0n) is 8.41. The molecule has 0 saturated heterocycles. The largest absolute Gasteiger partial charge is 0.347 e. The summed E-state index contributed by atoms with van der Waals surface area (Å²) < 4.78 is 0. The molecule has 0 saturated carbocycles. The quantitative estimate of drug-likeness (QED) is 0.723. The summed E-state index contributed by atoms with van der Waals surface area (Å²) in [7, 11) is 5.82. The van der Waals surface area contributed by atoms with Gasteiger partial charge in [0, 0.05) is 39.0 Å². The first-order chi connectivity index (χ1) is 6.24. The average Bonchev–Trinajstić information content (AvgIpc) is 2.15. The molecule has 0 bridgehead atoms. The van der Waals surface area contributed by atoms with Gasteiger partial charge < -0.3 is 10.2 Å². The highest BCUT2D eigenvalue weighted by Crippen LogP contribution is 2.03. The van der Waals surface area contributed by atoms with E-state index < -0.39 is 0 Å². The van der Waals surface area contributed by atoms with Crippen molar-refractivity contribution in [1.29, 1.82) is 0 Å². The Morgan fingerprint density at radius 3 is 2.85 bits per heavy atom. The van der Waals surface area contributed by atoms with Crippen LogP contribution in [0.15, 0.2) is 12.3 Å². The molecule has 1 aromatic heterocycles. The second-order valence-corrected chi connectivity index (χ2v) is 3.10. The lowest BCUT2D eigenvalue weighted by Crippen LogP contribution is -2.15. The van der Waals surface area contributed by atoms with Crippen LogP contribution in [-0.2, 0) is 6.42 Å². The van der Waals surface area contributed by atoms with E-state index in [0.29, 0.717) is 0 Å². The SMILES string of the molecule is CNCCc1ccnc(N(C)C)n1. The van der Waals surface area contributed by atoms with Crippen LogP contribution in [-0.4, -0.2) is 37.7 Å². The molecule has 0 amide bonds. The third kappa shape index (κ3) is 2.99. The van der Waals surface area contributed by atoms with E-state index in [9.17, 15) is 0 Å². The molecule has 0 aromatic carbocycles. The predicted molar refractivity (Wildman–Crippen MR) is 54.0 cm³/mol. The van der Waals surface area contributed by atoms with Crippen molar-refractivity contribution in [3.8, 4) is 0 Å². The zero-order chi connectivity index (χ0) is 9.68. The molecule has 1 rings (SSSR count). The van der Waals surface area contributed by atoms with Crippen molar-refractivity contribution in [2.45, 2.75) is 6.42 Å². The molecule has 13 heavy (non-hydrogen) atoms. The van der Waals surface area contributed by atoms with Gasteiger partial charge in [0.05, 0.1) is 0 Å². The smallest absolute Gasteiger partial charge is 0.224 e. The number of hydrogen-bond donors (Lipinski definition) is 1. The van der Waals surface area contributed by atoms with Crippen molar-refractivity contribution in [3.63, 3.8) is 0 Å². The Labute approximate surface area is 79.0 Å². The zero-order valence-corrected chi connectivity index (χ0v) is 8.41. The topological polar surface area (TPSA) is 41.1 Å². The van der Waals surface area contributed by atoms with Crippen LogP contribution in [0.25, 0.3) is 0 Å². The van der Waals surface area contributed by atoms with Gasteiger partial charge in [-0.1, -0.05) is 0 Å². The van der Waals surface area contributed by atoms with E-state index in [1.165, 1.54) is 0 Å². The van der Waals surface area contributed by atoms with Crippen molar-refractivity contribution in [3.05, 3.63) is 18.0 Å². The minimum atomic E-state index is 0.772. The normalized spacial score (nSPS) is 10.1. The number of nitrogens with zero attached hydrogens (tertiary/aromatic N) is 3. The molecular weight excluding hydrogens is 164 g/mol. The fourth-order valence-electron chi connectivity index (χ4n) is 0.992. The van der Waals surface area contributed by atoms with E-state index in [-0.39, 0.29) is 0 Å². The van der Waals surface area contributed by atoms with Gasteiger partial charge in [-0.25, -0.2) is 9.97 Å². The fraction of sp³-hybridized carbons (Fsp3) is 0.556. The molecule has 1 aromatic rings. The van der Waals surface area contributed by atoms with Crippen LogP contribution >= 0.6 is 0 Å². The molecule has 4 heteroatoms. The summed E-state index contributed by atoms with van der Waals surface area (Å²) in [6, 6.07) is 1.95. The number of likely N-dealkylation sites (N-methyl/N-ethyl adjacent to an activating group) is 1. The third-order valence-corrected chi connectivity index (χ3v) is 1.73. The molecule has 0 spiro atoms. The molecule has 72 valence electrons. The Hall–Kier alpha value is -1.16. The van der Waals surface area contributed by atoms with Gasteiger partial charge in [-0.15, -0.1) is 0 Å². The van der Waals surface area contributed by atoms with Crippen LogP contribution in [0.2, 0.25) is 0 Å². The highest BCUT2D eigenvalue weighted by Gasteiger charge is 1.99. The molecule has 0 radical (unpaired) electrons. The highest BCUT2D eigenvalue weighted by atomic mass is 15.2. The first-order valence-corrected chi connectivity index (χ1v) is 4.38. The Balaban J connectivity index is 2.68. The highest BCUT2D eigenvalue weighted by molar-refractivity contribution is 5.27. The summed E-state index contributed by atoms with van der Waals surface area (Å²) >= 11 is 0. The monoisotopic (exact) mass is 180 g/mol. The van der Waals surface area contributed by atoms with Crippen LogP contribution in [0.1, 0.15) is 5.69 Å². The van der Waals surface area contributed by atoms with Gasteiger partial charge >= 0.3 is 0 Å². The summed E-state index contributed by atoms with van der Waals surface area (Å²) in [5.74, 6) is 0.772. The molecule has 0 aliphatic heterocycles. The minimum absolute atomic E-state index is 0.772. The lowest BCUT2D eigenvalue weighted by Gasteiger charge is -2.10. The maximum atomic E-state index is 4.38. The molecule has 0 fully saturated rings. The van der Waals surface area contributed by atoms with E-state index in [2.05, 4.69) is 15.3 Å². The predicted octanol–water partition coefficient (Wildman–Crippen LogP) is 0.304. The van der Waals surface area contributed by atoms with E-state index in [0.717, 1.165) is 24.6 Å². The first-order valence-electron chi connectivity index (χ1n) is 4.38. The molecular formula is C9H16N4. The van der Waals surface area contributed by atoms with Gasteiger partial charge in [-0.3, -0.25) is 0 Å². The maximum absolute atomic E-state index is 4.38. The Morgan fingerprint density at radius 1 is 1.46 bits per heavy atom. The molecule has 4 nitrogen and oxygen atoms in total. The first kappa shape index (κ1) is 9.92. The van der Waals surface area contributed by atoms with Crippen LogP contribution in [0.4, 0.5) is 5.95 Å². The van der Waals surface area contributed by atoms with Crippen LogP contribution in [0, 0.1) is 0 Å². The van der Waals surface area contributed by atoms with Crippen LogP contribution in [0.5, 0.6) is 0 Å². The van der Waals surface area contributed by atoms with Gasteiger partial charge in [0.15, 0.2) is 0 Å². The number of hydrogen-bond acceptors (Lipinski definition) is 4. The molecule has 0 atom stereocenters. The lowest BCUT2D eigenvalue weighted by molar-refractivity contribution is 0.771. The van der Waals surface area contributed by atoms with Crippen LogP contribution < -0.4 is 10.2 Å². The van der Waals surface area contributed by atoms with E-state index in [4.69, 9.17) is 0 Å². The second kappa shape index (κ2) is 4.77. The maximum Gasteiger partial charge on any atom is 0.224 e. The summed E-state index contributed by atoms with van der Waals surface area (Å²) in [5.41, 5.74) is 1.08. The van der Waals surface area contributed by atoms with Gasteiger partial charge in [0.25, 0.3) is 0 Å². The molecule has 1 N–H and O–H groups in total. The Kier molecular flexibility index (Phi) is 3.64. The van der Waals surface area contributed by atoms with Gasteiger partial charge in [-0.2, -0.15) is 0 Å². The number of rotatable bonds is 4. The third-order valence-electron chi connectivity index (χ3n) is 1.73. The van der Waals surface area contributed by atoms with Crippen molar-refractivity contribution < 1.29 is 0 Å². The summed E-state index contributed by atoms with van der Waals surface area (Å²) in [6.07, 6.45) is 2.74.